The number of carbonyl (C=O) groups is 1. The molecule has 0 amide bonds. The van der Waals surface area contributed by atoms with Crippen molar-refractivity contribution in [2.24, 2.45) is 0 Å². The van der Waals surface area contributed by atoms with Crippen molar-refractivity contribution in [2.45, 2.75) is 17.1 Å². The number of hydrogen-bond donors (Lipinski definition) is 1. The van der Waals surface area contributed by atoms with Crippen LogP contribution in [-0.2, 0) is 4.79 Å². The zero-order chi connectivity index (χ0) is 8.97. The third-order valence-corrected chi connectivity index (χ3v) is 2.50. The lowest BCUT2D eigenvalue weighted by Gasteiger charge is -2.04. The maximum absolute atomic E-state index is 10.5. The molecule has 1 N–H and O–H groups in total. The highest BCUT2D eigenvalue weighted by Crippen LogP contribution is 2.22. The van der Waals surface area contributed by atoms with Crippen LogP contribution in [0.2, 0.25) is 0 Å². The van der Waals surface area contributed by atoms with E-state index in [1.165, 1.54) is 11.8 Å². The summed E-state index contributed by atoms with van der Waals surface area (Å²) in [6.45, 7) is 1.68. The molecular weight excluding hydrogens is 172 g/mol. The van der Waals surface area contributed by atoms with E-state index in [2.05, 4.69) is 0 Å². The average Bonchev–Trinajstić information content (AvgIpc) is 2.06. The molecule has 0 spiro atoms. The summed E-state index contributed by atoms with van der Waals surface area (Å²) in [5.74, 6) is -0.774. The van der Waals surface area contributed by atoms with Gasteiger partial charge in [0.05, 0.1) is 0 Å². The molecule has 3 heteroatoms. The van der Waals surface area contributed by atoms with Crippen molar-refractivity contribution in [1.82, 2.24) is 0 Å². The van der Waals surface area contributed by atoms with Gasteiger partial charge < -0.3 is 5.11 Å². The van der Waals surface area contributed by atoms with E-state index < -0.39 is 5.97 Å². The molecule has 2 nitrogen and oxygen atoms in total. The third kappa shape index (κ3) is 2.58. The minimum absolute atomic E-state index is 0.382. The lowest BCUT2D eigenvalue weighted by atomic mass is 10.4. The van der Waals surface area contributed by atoms with Crippen molar-refractivity contribution in [3.8, 4) is 0 Å². The smallest absolute Gasteiger partial charge is 0.316 e. The van der Waals surface area contributed by atoms with Crippen LogP contribution in [0.5, 0.6) is 0 Å². The highest BCUT2D eigenvalue weighted by molar-refractivity contribution is 8.00. The van der Waals surface area contributed by atoms with E-state index in [4.69, 9.17) is 5.11 Å². The zero-order valence-electron chi connectivity index (χ0n) is 6.73. The normalized spacial score (nSPS) is 12.4. The number of benzene rings is 1. The molecule has 0 aliphatic carbocycles. The second kappa shape index (κ2) is 4.16. The van der Waals surface area contributed by atoms with Crippen LogP contribution in [0.4, 0.5) is 0 Å². The number of thioether (sulfide) groups is 1. The van der Waals surface area contributed by atoms with Crippen LogP contribution in [0.1, 0.15) is 6.92 Å². The predicted molar refractivity (Wildman–Crippen MR) is 49.4 cm³/mol. The molecule has 12 heavy (non-hydrogen) atoms. The summed E-state index contributed by atoms with van der Waals surface area (Å²) in [5.41, 5.74) is 0. The first-order chi connectivity index (χ1) is 5.70. The average molecular weight is 182 g/mol. The highest BCUT2D eigenvalue weighted by Gasteiger charge is 2.11. The van der Waals surface area contributed by atoms with Gasteiger partial charge in [0.2, 0.25) is 0 Å². The van der Waals surface area contributed by atoms with Crippen LogP contribution >= 0.6 is 11.8 Å². The van der Waals surface area contributed by atoms with Crippen molar-refractivity contribution < 1.29 is 9.90 Å². The molecule has 0 aliphatic heterocycles. The van der Waals surface area contributed by atoms with Gasteiger partial charge in [-0.1, -0.05) is 18.2 Å². The molecule has 1 aromatic carbocycles. The minimum Gasteiger partial charge on any atom is -0.480 e. The van der Waals surface area contributed by atoms with Gasteiger partial charge in [0.15, 0.2) is 0 Å². The molecule has 0 saturated carbocycles. The van der Waals surface area contributed by atoms with Gasteiger partial charge in [0.25, 0.3) is 0 Å². The van der Waals surface area contributed by atoms with Crippen molar-refractivity contribution >= 4 is 17.7 Å². The SMILES string of the molecule is C[C@H](Sc1ccccc1)C(=O)O. The molecule has 0 bridgehead atoms. The summed E-state index contributed by atoms with van der Waals surface area (Å²) in [6, 6.07) is 9.53. The summed E-state index contributed by atoms with van der Waals surface area (Å²) in [7, 11) is 0. The Morgan fingerprint density at radius 3 is 2.50 bits per heavy atom. The Morgan fingerprint density at radius 2 is 2.00 bits per heavy atom. The first-order valence-electron chi connectivity index (χ1n) is 3.64. The molecule has 0 saturated heterocycles. The molecule has 64 valence electrons. The number of carboxylic acid groups (broad SMARTS) is 1. The van der Waals surface area contributed by atoms with E-state index in [0.717, 1.165) is 4.90 Å². The van der Waals surface area contributed by atoms with Crippen molar-refractivity contribution in [1.29, 1.82) is 0 Å². The summed E-state index contributed by atoms with van der Waals surface area (Å²) in [6.07, 6.45) is 0. The standard InChI is InChI=1S/C9H10O2S/c1-7(9(10)11)12-8-5-3-2-4-6-8/h2-7H,1H3,(H,10,11)/t7-/m0/s1. The summed E-state index contributed by atoms with van der Waals surface area (Å²) >= 11 is 1.35. The van der Waals surface area contributed by atoms with Gasteiger partial charge in [-0.15, -0.1) is 11.8 Å². The lowest BCUT2D eigenvalue weighted by Crippen LogP contribution is -2.10. The summed E-state index contributed by atoms with van der Waals surface area (Å²) < 4.78 is 0. The Balaban J connectivity index is 2.58. The second-order valence-electron chi connectivity index (χ2n) is 2.41. The van der Waals surface area contributed by atoms with Crippen LogP contribution < -0.4 is 0 Å². The van der Waals surface area contributed by atoms with Gasteiger partial charge >= 0.3 is 5.97 Å². The van der Waals surface area contributed by atoms with Crippen LogP contribution in [0, 0.1) is 0 Å². The lowest BCUT2D eigenvalue weighted by molar-refractivity contribution is -0.136. The Hall–Kier alpha value is -0.960. The highest BCUT2D eigenvalue weighted by atomic mass is 32.2. The second-order valence-corrected chi connectivity index (χ2v) is 3.83. The van der Waals surface area contributed by atoms with Crippen LogP contribution in [-0.4, -0.2) is 16.3 Å². The van der Waals surface area contributed by atoms with E-state index in [1.807, 2.05) is 30.3 Å². The van der Waals surface area contributed by atoms with Crippen LogP contribution in [0.25, 0.3) is 0 Å². The van der Waals surface area contributed by atoms with Gasteiger partial charge in [-0.05, 0) is 19.1 Å². The fourth-order valence-corrected chi connectivity index (χ4v) is 1.58. The minimum atomic E-state index is -0.774. The van der Waals surface area contributed by atoms with Crippen molar-refractivity contribution in [2.75, 3.05) is 0 Å². The topological polar surface area (TPSA) is 37.3 Å². The molecular formula is C9H10O2S. The van der Waals surface area contributed by atoms with Crippen molar-refractivity contribution in [3.63, 3.8) is 0 Å². The van der Waals surface area contributed by atoms with Gasteiger partial charge in [-0.3, -0.25) is 4.79 Å². The molecule has 0 aromatic heterocycles. The van der Waals surface area contributed by atoms with E-state index in [1.54, 1.807) is 6.92 Å². The molecule has 1 atom stereocenters. The van der Waals surface area contributed by atoms with Gasteiger partial charge in [0, 0.05) is 4.90 Å². The Bertz CT molecular complexity index is 258. The zero-order valence-corrected chi connectivity index (χ0v) is 7.54. The quantitative estimate of drug-likeness (QED) is 0.728. The Labute approximate surface area is 75.6 Å². The van der Waals surface area contributed by atoms with E-state index in [9.17, 15) is 4.79 Å². The Morgan fingerprint density at radius 1 is 1.42 bits per heavy atom. The monoisotopic (exact) mass is 182 g/mol. The van der Waals surface area contributed by atoms with Crippen molar-refractivity contribution in [3.05, 3.63) is 30.3 Å². The first-order valence-corrected chi connectivity index (χ1v) is 4.52. The van der Waals surface area contributed by atoms with Gasteiger partial charge in [0.1, 0.15) is 5.25 Å². The molecule has 0 fully saturated rings. The summed E-state index contributed by atoms with van der Waals surface area (Å²) in [5, 5.41) is 8.24. The molecule has 0 radical (unpaired) electrons. The fourth-order valence-electron chi connectivity index (χ4n) is 0.754. The van der Waals surface area contributed by atoms with E-state index in [0.29, 0.717) is 0 Å². The fraction of sp³-hybridized carbons (Fsp3) is 0.222. The van der Waals surface area contributed by atoms with Crippen LogP contribution in [0.3, 0.4) is 0 Å². The van der Waals surface area contributed by atoms with E-state index in [-0.39, 0.29) is 5.25 Å². The maximum Gasteiger partial charge on any atom is 0.316 e. The maximum atomic E-state index is 10.5. The number of carboxylic acids is 1. The molecule has 0 heterocycles. The Kier molecular flexibility index (Phi) is 3.17. The summed E-state index contributed by atoms with van der Waals surface area (Å²) in [4.78, 5) is 11.5. The largest absolute Gasteiger partial charge is 0.480 e. The van der Waals surface area contributed by atoms with Gasteiger partial charge in [-0.25, -0.2) is 0 Å². The number of aliphatic carboxylic acids is 1. The van der Waals surface area contributed by atoms with Gasteiger partial charge in [-0.2, -0.15) is 0 Å². The molecule has 1 aromatic rings. The molecule has 0 aliphatic rings. The number of hydrogen-bond acceptors (Lipinski definition) is 2. The third-order valence-electron chi connectivity index (χ3n) is 1.40. The molecule has 1 rings (SSSR count). The molecule has 0 unspecified atom stereocenters. The number of rotatable bonds is 3. The van der Waals surface area contributed by atoms with Crippen LogP contribution in [0.15, 0.2) is 35.2 Å². The predicted octanol–water partition coefficient (Wildman–Crippen LogP) is 2.25. The van der Waals surface area contributed by atoms with E-state index >= 15 is 0 Å². The first kappa shape index (κ1) is 9.13.